The molecule has 0 bridgehead atoms. The van der Waals surface area contributed by atoms with Crippen LogP contribution in [0.3, 0.4) is 0 Å². The fourth-order valence-electron chi connectivity index (χ4n) is 4.73. The molecule has 0 saturated carbocycles. The van der Waals surface area contributed by atoms with Crippen molar-refractivity contribution < 1.29 is 47.4 Å². The van der Waals surface area contributed by atoms with Gasteiger partial charge in [-0.1, -0.05) is 38.5 Å². The van der Waals surface area contributed by atoms with Gasteiger partial charge in [-0.15, -0.1) is 10.2 Å². The molecule has 4 N–H and O–H groups in total. The zero-order valence-electron chi connectivity index (χ0n) is 29.4. The van der Waals surface area contributed by atoms with Crippen molar-refractivity contribution in [1.82, 2.24) is 45.9 Å². The van der Waals surface area contributed by atoms with E-state index in [4.69, 9.17) is 29.4 Å². The number of aromatic amines is 1. The Kier molecular flexibility index (Phi) is 13.7. The number of hydrogen-bond donors (Lipinski definition) is 4. The molecule has 5 aromatic rings. The smallest absolute Gasteiger partial charge is 0.305 e. The molecule has 4 heterocycles. The number of aromatic nitrogens is 8. The maximum atomic E-state index is 13.8. The van der Waals surface area contributed by atoms with E-state index in [2.05, 4.69) is 50.1 Å². The van der Waals surface area contributed by atoms with Crippen LogP contribution in [-0.4, -0.2) is 97.7 Å². The first kappa shape index (κ1) is 39.3. The highest BCUT2D eigenvalue weighted by Crippen LogP contribution is 2.41. The van der Waals surface area contributed by atoms with Crippen LogP contribution in [0.25, 0.3) is 22.9 Å². The number of pyridine rings is 2. The fraction of sp³-hybridized carbons (Fsp3) is 0.333. The van der Waals surface area contributed by atoms with Crippen LogP contribution in [0.1, 0.15) is 51.0 Å². The van der Waals surface area contributed by atoms with Crippen molar-refractivity contribution in [2.24, 2.45) is 0 Å². The van der Waals surface area contributed by atoms with Crippen molar-refractivity contribution in [3.63, 3.8) is 0 Å². The highest BCUT2D eigenvalue weighted by Gasteiger charge is 2.26. The summed E-state index contributed by atoms with van der Waals surface area (Å²) in [6.45, 7) is 3.58. The van der Waals surface area contributed by atoms with Crippen LogP contribution in [0.2, 0.25) is 0 Å². The molecule has 0 aliphatic carbocycles. The maximum Gasteiger partial charge on any atom is 0.305 e. The maximum absolute atomic E-state index is 13.8. The molecule has 1 aromatic carbocycles. The van der Waals surface area contributed by atoms with E-state index in [9.17, 15) is 13.2 Å². The summed E-state index contributed by atoms with van der Waals surface area (Å²) in [5, 5.41) is 30.4. The summed E-state index contributed by atoms with van der Waals surface area (Å²) in [4.78, 5) is 34.5. The monoisotopic (exact) mass is 766 g/mol. The summed E-state index contributed by atoms with van der Waals surface area (Å²) in [6.07, 6.45) is 4.59. The number of nitrogens with one attached hydrogen (secondary N) is 2. The summed E-state index contributed by atoms with van der Waals surface area (Å²) in [7, 11) is -2.92. The normalized spacial score (nSPS) is 11.5. The van der Waals surface area contributed by atoms with Gasteiger partial charge in [-0.2, -0.15) is 18.6 Å². The zero-order valence-corrected chi connectivity index (χ0v) is 30.3. The number of tetrazole rings is 1. The molecule has 0 atom stereocenters. The number of methoxy groups -OCH3 is 1. The van der Waals surface area contributed by atoms with Crippen LogP contribution >= 0.6 is 0 Å². The zero-order chi connectivity index (χ0) is 38.5. The summed E-state index contributed by atoms with van der Waals surface area (Å²) >= 11 is 0. The van der Waals surface area contributed by atoms with Crippen molar-refractivity contribution in [2.75, 3.05) is 31.7 Å². The van der Waals surface area contributed by atoms with Crippen LogP contribution in [0.5, 0.6) is 23.1 Å². The molecule has 21 heteroatoms. The molecular formula is C33H38N10O10S. The number of rotatable bonds is 20. The lowest BCUT2D eigenvalue weighted by molar-refractivity contribution is -0.492. The molecule has 20 nitrogen and oxygen atoms in total. The quantitative estimate of drug-likeness (QED) is 0.0488. The van der Waals surface area contributed by atoms with Crippen molar-refractivity contribution in [3.8, 4) is 46.0 Å². The minimum atomic E-state index is -4.37. The predicted molar refractivity (Wildman–Crippen MR) is 187 cm³/mol. The predicted octanol–water partition coefficient (Wildman–Crippen LogP) is 4.33. The Morgan fingerprint density at radius 1 is 0.963 bits per heavy atom. The molecule has 0 unspecified atom stereocenters. The minimum Gasteiger partial charge on any atom is -0.493 e. The van der Waals surface area contributed by atoms with E-state index in [0.717, 1.165) is 5.56 Å². The Bertz CT molecular complexity index is 2090. The highest BCUT2D eigenvalue weighted by molar-refractivity contribution is 7.92. The number of H-pyrrole nitrogens is 1. The molecule has 0 amide bonds. The number of hydrogen-bond acceptors (Lipinski definition) is 18. The number of esters is 1. The van der Waals surface area contributed by atoms with Crippen LogP contribution < -0.4 is 18.9 Å². The van der Waals surface area contributed by atoms with E-state index < -0.39 is 16.0 Å². The SMILES string of the molecule is COc1ccccc1Oc1c(NS(=O)(=O)c2ccc(C(C)C)cn2)nc(-c2ccnc(-c3nn[nH]n3)c2)nc1OCCOC(=O)CCCCCON(O)O. The van der Waals surface area contributed by atoms with Crippen LogP contribution in [0, 0.1) is 0 Å². The summed E-state index contributed by atoms with van der Waals surface area (Å²) in [5.74, 6) is -0.414. The van der Waals surface area contributed by atoms with Gasteiger partial charge >= 0.3 is 5.97 Å². The van der Waals surface area contributed by atoms with Crippen molar-refractivity contribution in [3.05, 3.63) is 66.5 Å². The molecule has 0 aliphatic heterocycles. The second-order valence-corrected chi connectivity index (χ2v) is 13.2. The third-order valence-corrected chi connectivity index (χ3v) is 8.71. The third-order valence-electron chi connectivity index (χ3n) is 7.46. The van der Waals surface area contributed by atoms with Crippen molar-refractivity contribution >= 4 is 21.8 Å². The molecule has 0 radical (unpaired) electrons. The number of benzene rings is 1. The van der Waals surface area contributed by atoms with Gasteiger partial charge in [0, 0.05) is 24.4 Å². The minimum absolute atomic E-state index is 0.00294. The van der Waals surface area contributed by atoms with E-state index in [0.29, 0.717) is 36.3 Å². The van der Waals surface area contributed by atoms with E-state index in [-0.39, 0.29) is 77.4 Å². The molecule has 4 aromatic heterocycles. The van der Waals surface area contributed by atoms with Crippen molar-refractivity contribution in [2.45, 2.75) is 50.5 Å². The number of para-hydroxylation sites is 2. The Balaban J connectivity index is 1.48. The lowest BCUT2D eigenvalue weighted by Crippen LogP contribution is -2.18. The number of unbranched alkanes of at least 4 members (excludes halogenated alkanes) is 2. The number of carbonyl (C=O) groups excluding carboxylic acids is 1. The number of carbonyl (C=O) groups is 1. The van der Waals surface area contributed by atoms with E-state index >= 15 is 0 Å². The highest BCUT2D eigenvalue weighted by atomic mass is 32.2. The fourth-order valence-corrected chi connectivity index (χ4v) is 5.66. The second-order valence-electron chi connectivity index (χ2n) is 11.6. The first-order valence-electron chi connectivity index (χ1n) is 16.5. The molecule has 286 valence electrons. The Morgan fingerprint density at radius 3 is 2.48 bits per heavy atom. The number of sulfonamides is 1. The van der Waals surface area contributed by atoms with Crippen molar-refractivity contribution in [1.29, 1.82) is 0 Å². The molecule has 0 saturated heterocycles. The largest absolute Gasteiger partial charge is 0.493 e. The second kappa shape index (κ2) is 18.8. The average Bonchev–Trinajstić information content (AvgIpc) is 3.71. The molecule has 54 heavy (non-hydrogen) atoms. The average molecular weight is 767 g/mol. The Hall–Kier alpha value is -5.87. The standard InChI is InChI=1S/C33H38N10O10S/c1-21(2)23-12-13-27(35-20-23)54(47,48)40-32-29(53-26-10-7-6-9-25(26)49-3)33(51-18-17-50-28(44)11-5-4-8-16-52-43(45)46)37-30(36-32)22-14-15-34-24(19-22)31-38-41-42-39-31/h6-7,9-10,12-15,19-21,45-46H,4-5,8,11,16-18H2,1-3H3,(H,36,37,40)(H,38,39,41,42). The Morgan fingerprint density at radius 2 is 1.78 bits per heavy atom. The number of anilines is 1. The van der Waals surface area contributed by atoms with Gasteiger partial charge in [0.05, 0.1) is 19.1 Å². The lowest BCUT2D eigenvalue weighted by Gasteiger charge is -2.18. The van der Waals surface area contributed by atoms with Gasteiger partial charge in [0.25, 0.3) is 15.9 Å². The van der Waals surface area contributed by atoms with Crippen LogP contribution in [-0.2, 0) is 24.4 Å². The molecule has 5 rings (SSSR count). The van der Waals surface area contributed by atoms with Gasteiger partial charge in [0.1, 0.15) is 18.9 Å². The molecule has 0 fully saturated rings. The first-order valence-corrected chi connectivity index (χ1v) is 18.0. The van der Waals surface area contributed by atoms with Gasteiger partial charge in [0.15, 0.2) is 28.2 Å². The number of ether oxygens (including phenoxy) is 4. The van der Waals surface area contributed by atoms with Gasteiger partial charge < -0.3 is 18.9 Å². The van der Waals surface area contributed by atoms with Gasteiger partial charge in [-0.3, -0.25) is 29.8 Å². The molecule has 0 spiro atoms. The van der Waals surface area contributed by atoms with Gasteiger partial charge in [-0.05, 0) is 59.9 Å². The summed E-state index contributed by atoms with van der Waals surface area (Å²) in [5.41, 5.74) is 1.54. The first-order chi connectivity index (χ1) is 26.0. The van der Waals surface area contributed by atoms with Crippen LogP contribution in [0.15, 0.2) is 66.0 Å². The van der Waals surface area contributed by atoms with Gasteiger partial charge in [0.2, 0.25) is 11.6 Å². The third kappa shape index (κ3) is 10.8. The Labute approximate surface area is 309 Å². The molecular weight excluding hydrogens is 728 g/mol. The topological polar surface area (TPSA) is 259 Å². The van der Waals surface area contributed by atoms with E-state index in [1.54, 1.807) is 42.5 Å². The van der Waals surface area contributed by atoms with Crippen LogP contribution in [0.4, 0.5) is 5.82 Å². The van der Waals surface area contributed by atoms with E-state index in [1.807, 2.05) is 13.8 Å². The molecule has 0 aliphatic rings. The summed E-state index contributed by atoms with van der Waals surface area (Å²) < 4.78 is 53.1. The van der Waals surface area contributed by atoms with E-state index in [1.165, 1.54) is 25.6 Å². The lowest BCUT2D eigenvalue weighted by atomic mass is 10.1. The van der Waals surface area contributed by atoms with Gasteiger partial charge in [-0.25, -0.2) is 9.97 Å². The summed E-state index contributed by atoms with van der Waals surface area (Å²) in [6, 6.07) is 12.9. The number of nitrogens with zero attached hydrogens (tertiary/aromatic N) is 8.